The highest BCUT2D eigenvalue weighted by molar-refractivity contribution is 5.91. The number of nitrogens with zero attached hydrogens (tertiary/aromatic N) is 12. The Kier molecular flexibility index (Phi) is 16.0. The van der Waals surface area contributed by atoms with E-state index in [-0.39, 0.29) is 90.6 Å². The minimum absolute atomic E-state index is 0.0314. The summed E-state index contributed by atoms with van der Waals surface area (Å²) in [5.74, 6) is 2.38. The standard InChI is InChI=1S/C65H72N12O7/c1-6-57(79)76-30-28-74(36-43(76)23-25-66)60-54-21-22-56(52-16-10-12-41-34-47(78)17-18-48(41)52)83-62(54)70-64(68-60)82-39-46-33-42(35-73(46)5)49-19-20-53(51-15-9-8-14-50(49)51)59-40(3)32-55-61(75-29-31-77(58(80)7-2)44(37-75)24-26-67)69-65(71-63(55)84-59)81-38-45-13-11-27-72(45)4/h6-10,12,14-20,34,40,42-46,56,59,78H,1-2,11,13,21-24,27-33,35-39H2,3-5H3/t40?,42?,43-,44-,45-,46-,56?,59?/m0/s1. The summed E-state index contributed by atoms with van der Waals surface area (Å²) in [5.41, 5.74) is 5.09. The van der Waals surface area contributed by atoms with Crippen LogP contribution >= 0.6 is 0 Å². The third-order valence-corrected chi connectivity index (χ3v) is 18.3. The average molecular weight is 1130 g/mol. The summed E-state index contributed by atoms with van der Waals surface area (Å²) in [7, 11) is 4.26. The lowest BCUT2D eigenvalue weighted by molar-refractivity contribution is -0.129. The number of likely N-dealkylation sites (tertiary alicyclic amines) is 2. The van der Waals surface area contributed by atoms with E-state index in [1.807, 2.05) is 18.2 Å². The van der Waals surface area contributed by atoms with Gasteiger partial charge in [-0.05, 0) is 116 Å². The van der Waals surface area contributed by atoms with Gasteiger partial charge < -0.3 is 48.6 Å². The number of benzene rings is 4. The molecule has 12 rings (SSSR count). The Morgan fingerprint density at radius 2 is 1.31 bits per heavy atom. The molecule has 6 aliphatic rings. The highest BCUT2D eigenvalue weighted by Gasteiger charge is 2.40. The van der Waals surface area contributed by atoms with Gasteiger partial charge in [-0.2, -0.15) is 30.5 Å². The molecule has 2 amide bonds. The van der Waals surface area contributed by atoms with Crippen molar-refractivity contribution in [3.63, 3.8) is 0 Å². The number of anilines is 2. The van der Waals surface area contributed by atoms with Crippen molar-refractivity contribution >= 4 is 45.0 Å². The number of hydrogen-bond acceptors (Lipinski definition) is 17. The van der Waals surface area contributed by atoms with Gasteiger partial charge >= 0.3 is 12.0 Å². The summed E-state index contributed by atoms with van der Waals surface area (Å²) in [5, 5.41) is 34.1. The zero-order chi connectivity index (χ0) is 58.2. The minimum atomic E-state index is -0.358. The number of aromatic nitrogens is 4. The van der Waals surface area contributed by atoms with Crippen molar-refractivity contribution in [3.8, 4) is 41.7 Å². The van der Waals surface area contributed by atoms with Crippen LogP contribution in [0.3, 0.4) is 0 Å². The summed E-state index contributed by atoms with van der Waals surface area (Å²) in [6.07, 6.45) is 7.25. The molecule has 6 aromatic rings. The molecule has 4 unspecified atom stereocenters. The number of aromatic hydroxyl groups is 1. The summed E-state index contributed by atoms with van der Waals surface area (Å²) >= 11 is 0. The third kappa shape index (κ3) is 11.0. The van der Waals surface area contributed by atoms with E-state index in [9.17, 15) is 25.2 Å². The van der Waals surface area contributed by atoms with Crippen molar-refractivity contribution in [1.29, 1.82) is 10.5 Å². The molecule has 0 spiro atoms. The second kappa shape index (κ2) is 24.0. The van der Waals surface area contributed by atoms with E-state index in [1.54, 1.807) is 21.9 Å². The molecule has 6 aliphatic heterocycles. The summed E-state index contributed by atoms with van der Waals surface area (Å²) in [6.45, 7) is 14.9. The molecule has 19 nitrogen and oxygen atoms in total. The maximum atomic E-state index is 12.9. The first kappa shape index (κ1) is 56.0. The van der Waals surface area contributed by atoms with E-state index in [4.69, 9.17) is 38.9 Å². The first-order valence-corrected chi connectivity index (χ1v) is 29.5. The van der Waals surface area contributed by atoms with Gasteiger partial charge in [-0.1, -0.05) is 80.7 Å². The number of fused-ring (bicyclic) bond motifs is 4. The highest BCUT2D eigenvalue weighted by atomic mass is 16.5. The second-order valence-electron chi connectivity index (χ2n) is 23.5. The fraction of sp³-hybridized carbons (Fsp3) is 0.446. The molecule has 434 valence electrons. The van der Waals surface area contributed by atoms with Crippen LogP contribution in [0.4, 0.5) is 11.6 Å². The maximum Gasteiger partial charge on any atom is 0.321 e. The molecule has 19 heteroatoms. The van der Waals surface area contributed by atoms with Gasteiger partial charge in [-0.3, -0.25) is 14.5 Å². The van der Waals surface area contributed by atoms with E-state index in [0.717, 1.165) is 76.6 Å². The van der Waals surface area contributed by atoms with Gasteiger partial charge in [0, 0.05) is 74.9 Å². The predicted molar refractivity (Wildman–Crippen MR) is 318 cm³/mol. The molecule has 1 N–H and O–H groups in total. The molecule has 0 aliphatic carbocycles. The van der Waals surface area contributed by atoms with Gasteiger partial charge in [-0.15, -0.1) is 0 Å². The SMILES string of the molecule is C=CC(=O)N1CCN(c2nc(OC[C@@H]3CC(c4ccc(C5Oc6nc(OC[C@@H]7CCCN7C)nc(N7CCN(C(=O)C=C)[C@@H](CC#N)C7)c6CC5C)c5ccccc45)CN3C)nc3c2CCC(c2cccc4cc(O)ccc24)O3)C[C@@H]1CC#N. The third-order valence-electron chi connectivity index (χ3n) is 18.3. The van der Waals surface area contributed by atoms with Crippen LogP contribution in [0.5, 0.6) is 29.5 Å². The topological polar surface area (TPSA) is 210 Å². The predicted octanol–water partition coefficient (Wildman–Crippen LogP) is 8.23. The molecular formula is C65H72N12O7. The zero-order valence-electron chi connectivity index (χ0n) is 48.1. The quantitative estimate of drug-likeness (QED) is 0.0960. The average Bonchev–Trinajstić information content (AvgIpc) is 2.55. The number of phenolic OH excluding ortho intramolecular Hbond substituents is 1. The van der Waals surface area contributed by atoms with Crippen molar-refractivity contribution in [2.45, 2.75) is 101 Å². The zero-order valence-corrected chi connectivity index (χ0v) is 48.1. The Hall–Kier alpha value is -8.52. The van der Waals surface area contributed by atoms with Crippen LogP contribution in [0.15, 0.2) is 98.1 Å². The van der Waals surface area contributed by atoms with Crippen molar-refractivity contribution in [2.24, 2.45) is 5.92 Å². The molecule has 0 saturated carbocycles. The van der Waals surface area contributed by atoms with Crippen LogP contribution < -0.4 is 28.7 Å². The number of amides is 2. The van der Waals surface area contributed by atoms with Gasteiger partial charge in [0.25, 0.3) is 0 Å². The lowest BCUT2D eigenvalue weighted by Gasteiger charge is -2.42. The van der Waals surface area contributed by atoms with E-state index in [0.29, 0.717) is 89.3 Å². The number of phenols is 1. The van der Waals surface area contributed by atoms with Crippen LogP contribution in [-0.4, -0.2) is 160 Å². The van der Waals surface area contributed by atoms with E-state index >= 15 is 0 Å². The molecule has 8 heterocycles. The molecule has 2 aromatic heterocycles. The van der Waals surface area contributed by atoms with Crippen molar-refractivity contribution in [3.05, 3.63) is 126 Å². The molecule has 4 aromatic carbocycles. The van der Waals surface area contributed by atoms with Crippen LogP contribution in [0.25, 0.3) is 21.5 Å². The summed E-state index contributed by atoms with van der Waals surface area (Å²) in [4.78, 5) is 58.4. The van der Waals surface area contributed by atoms with Crippen LogP contribution in [-0.2, 0) is 22.4 Å². The lowest BCUT2D eigenvalue weighted by atomic mass is 9.84. The van der Waals surface area contributed by atoms with Crippen molar-refractivity contribution < 1.29 is 33.6 Å². The van der Waals surface area contributed by atoms with Crippen molar-refractivity contribution in [1.82, 2.24) is 39.5 Å². The van der Waals surface area contributed by atoms with Gasteiger partial charge in [0.05, 0.1) is 48.2 Å². The number of rotatable bonds is 15. The number of likely N-dealkylation sites (N-methyl/N-ethyl adjacent to an activating group) is 2. The molecule has 84 heavy (non-hydrogen) atoms. The number of nitriles is 2. The molecule has 0 radical (unpaired) electrons. The summed E-state index contributed by atoms with van der Waals surface area (Å²) in [6, 6.07) is 29.1. The van der Waals surface area contributed by atoms with Crippen LogP contribution in [0.2, 0.25) is 0 Å². The molecule has 0 bridgehead atoms. The molecule has 8 atom stereocenters. The number of carbonyl (C=O) groups is 2. The lowest BCUT2D eigenvalue weighted by Crippen LogP contribution is -2.55. The fourth-order valence-corrected chi connectivity index (χ4v) is 13.9. The molecule has 4 fully saturated rings. The Morgan fingerprint density at radius 1 is 0.679 bits per heavy atom. The first-order valence-electron chi connectivity index (χ1n) is 29.5. The smallest absolute Gasteiger partial charge is 0.321 e. The van der Waals surface area contributed by atoms with E-state index < -0.39 is 0 Å². The normalized spacial score (nSPS) is 24.3. The highest BCUT2D eigenvalue weighted by Crippen LogP contribution is 2.47. The van der Waals surface area contributed by atoms with Gasteiger partial charge in [0.2, 0.25) is 23.6 Å². The van der Waals surface area contributed by atoms with Gasteiger partial charge in [-0.25, -0.2) is 0 Å². The van der Waals surface area contributed by atoms with Crippen LogP contribution in [0.1, 0.15) is 91.4 Å². The van der Waals surface area contributed by atoms with Gasteiger partial charge in [0.15, 0.2) is 0 Å². The Balaban J connectivity index is 0.799. The second-order valence-corrected chi connectivity index (χ2v) is 23.5. The first-order chi connectivity index (χ1) is 40.9. The molecule has 4 saturated heterocycles. The van der Waals surface area contributed by atoms with E-state index in [2.05, 4.69) is 108 Å². The molecular weight excluding hydrogens is 1060 g/mol. The van der Waals surface area contributed by atoms with E-state index in [1.165, 1.54) is 23.1 Å². The monoisotopic (exact) mass is 1130 g/mol. The number of ether oxygens (including phenoxy) is 4. The number of piperazine rings is 2. The fourth-order valence-electron chi connectivity index (χ4n) is 13.9. The van der Waals surface area contributed by atoms with Gasteiger partial charge in [0.1, 0.15) is 42.8 Å². The maximum absolute atomic E-state index is 12.9. The Morgan fingerprint density at radius 3 is 1.95 bits per heavy atom. The number of carbonyl (C=O) groups excluding carboxylic acids is 2. The number of hydrogen-bond donors (Lipinski definition) is 1. The van der Waals surface area contributed by atoms with Crippen molar-refractivity contribution in [2.75, 3.05) is 89.5 Å². The largest absolute Gasteiger partial charge is 0.508 e. The Labute approximate surface area is 490 Å². The Bertz CT molecular complexity index is 3600. The van der Waals surface area contributed by atoms with Crippen LogP contribution in [0, 0.1) is 28.6 Å². The minimum Gasteiger partial charge on any atom is -0.508 e. The summed E-state index contributed by atoms with van der Waals surface area (Å²) < 4.78 is 27.1.